The van der Waals surface area contributed by atoms with Gasteiger partial charge in [0, 0.05) is 5.92 Å². The van der Waals surface area contributed by atoms with Crippen molar-refractivity contribution < 1.29 is 13.9 Å². The van der Waals surface area contributed by atoms with E-state index in [-0.39, 0.29) is 5.97 Å². The van der Waals surface area contributed by atoms with E-state index in [0.29, 0.717) is 34.8 Å². The first-order valence-electron chi connectivity index (χ1n) is 6.56. The Labute approximate surface area is 120 Å². The zero-order valence-electron chi connectivity index (χ0n) is 11.1. The number of carbonyl (C=O) groups is 1. The average Bonchev–Trinajstić information content (AvgIpc) is 3.01. The SMILES string of the molecule is CCOC(=O)c1ccoc1CSc1n[nH]c(C2CC2)n1. The van der Waals surface area contributed by atoms with Gasteiger partial charge < -0.3 is 9.15 Å². The van der Waals surface area contributed by atoms with Crippen LogP contribution in [0.4, 0.5) is 0 Å². The number of aromatic amines is 1. The van der Waals surface area contributed by atoms with Crippen molar-refractivity contribution in [3.8, 4) is 0 Å². The third kappa shape index (κ3) is 2.87. The largest absolute Gasteiger partial charge is 0.468 e. The van der Waals surface area contributed by atoms with Crippen molar-refractivity contribution >= 4 is 17.7 Å². The van der Waals surface area contributed by atoms with Crippen LogP contribution in [-0.2, 0) is 10.5 Å². The fraction of sp³-hybridized carbons (Fsp3) is 0.462. The lowest BCUT2D eigenvalue weighted by molar-refractivity contribution is 0.0524. The minimum Gasteiger partial charge on any atom is -0.468 e. The maximum atomic E-state index is 11.7. The van der Waals surface area contributed by atoms with Gasteiger partial charge in [-0.15, -0.1) is 5.10 Å². The summed E-state index contributed by atoms with van der Waals surface area (Å²) in [4.78, 5) is 16.1. The fourth-order valence-corrected chi connectivity index (χ4v) is 2.59. The Morgan fingerprint density at radius 1 is 1.60 bits per heavy atom. The molecule has 106 valence electrons. The molecule has 1 saturated carbocycles. The van der Waals surface area contributed by atoms with Gasteiger partial charge in [-0.1, -0.05) is 11.8 Å². The molecule has 0 radical (unpaired) electrons. The molecule has 1 aliphatic rings. The minimum atomic E-state index is -0.356. The van der Waals surface area contributed by atoms with Crippen LogP contribution in [-0.4, -0.2) is 27.8 Å². The van der Waals surface area contributed by atoms with Crippen LogP contribution in [0.2, 0.25) is 0 Å². The quantitative estimate of drug-likeness (QED) is 0.651. The van der Waals surface area contributed by atoms with Gasteiger partial charge in [-0.25, -0.2) is 9.78 Å². The molecule has 20 heavy (non-hydrogen) atoms. The molecular formula is C13H15N3O3S. The van der Waals surface area contributed by atoms with Gasteiger partial charge in [0.15, 0.2) is 0 Å². The van der Waals surface area contributed by atoms with Crippen LogP contribution in [0.5, 0.6) is 0 Å². The normalized spacial score (nSPS) is 14.4. The van der Waals surface area contributed by atoms with E-state index in [0.717, 1.165) is 5.82 Å². The molecule has 1 aliphatic carbocycles. The molecule has 0 amide bonds. The first-order valence-corrected chi connectivity index (χ1v) is 7.55. The van der Waals surface area contributed by atoms with Gasteiger partial charge in [0.25, 0.3) is 0 Å². The van der Waals surface area contributed by atoms with Crippen molar-refractivity contribution in [1.29, 1.82) is 0 Å². The summed E-state index contributed by atoms with van der Waals surface area (Å²) >= 11 is 1.44. The maximum Gasteiger partial charge on any atom is 0.341 e. The van der Waals surface area contributed by atoms with E-state index in [2.05, 4.69) is 15.2 Å². The van der Waals surface area contributed by atoms with Gasteiger partial charge in [-0.3, -0.25) is 5.10 Å². The second-order valence-corrected chi connectivity index (χ2v) is 5.49. The number of H-pyrrole nitrogens is 1. The number of nitrogens with one attached hydrogen (secondary N) is 1. The smallest absolute Gasteiger partial charge is 0.341 e. The third-order valence-electron chi connectivity index (χ3n) is 3.02. The van der Waals surface area contributed by atoms with Gasteiger partial charge in [-0.2, -0.15) is 0 Å². The molecule has 2 heterocycles. The molecule has 7 heteroatoms. The van der Waals surface area contributed by atoms with Crippen molar-refractivity contribution in [3.63, 3.8) is 0 Å². The van der Waals surface area contributed by atoms with Crippen molar-refractivity contribution in [2.75, 3.05) is 6.61 Å². The Morgan fingerprint density at radius 2 is 2.45 bits per heavy atom. The first-order chi connectivity index (χ1) is 9.78. The molecule has 0 atom stereocenters. The molecular weight excluding hydrogens is 278 g/mol. The predicted molar refractivity (Wildman–Crippen MR) is 72.6 cm³/mol. The van der Waals surface area contributed by atoms with Crippen LogP contribution in [0.3, 0.4) is 0 Å². The number of carbonyl (C=O) groups excluding carboxylic acids is 1. The third-order valence-corrected chi connectivity index (χ3v) is 3.87. The zero-order chi connectivity index (χ0) is 13.9. The predicted octanol–water partition coefficient (Wildman–Crippen LogP) is 2.74. The average molecular weight is 293 g/mol. The molecule has 6 nitrogen and oxygen atoms in total. The molecule has 0 aliphatic heterocycles. The molecule has 0 unspecified atom stereocenters. The highest BCUT2D eigenvalue weighted by molar-refractivity contribution is 7.98. The highest BCUT2D eigenvalue weighted by Gasteiger charge is 2.27. The van der Waals surface area contributed by atoms with Gasteiger partial charge >= 0.3 is 5.97 Å². The number of aromatic nitrogens is 3. The van der Waals surface area contributed by atoms with Crippen molar-refractivity contribution in [3.05, 3.63) is 29.5 Å². The van der Waals surface area contributed by atoms with E-state index < -0.39 is 0 Å². The van der Waals surface area contributed by atoms with E-state index in [9.17, 15) is 4.79 Å². The highest BCUT2D eigenvalue weighted by atomic mass is 32.2. The van der Waals surface area contributed by atoms with Crippen LogP contribution in [0, 0.1) is 0 Å². The lowest BCUT2D eigenvalue weighted by atomic mass is 10.3. The molecule has 0 bridgehead atoms. The first kappa shape index (κ1) is 13.2. The topological polar surface area (TPSA) is 81.0 Å². The van der Waals surface area contributed by atoms with Crippen molar-refractivity contribution in [2.45, 2.75) is 36.6 Å². The van der Waals surface area contributed by atoms with Crippen LogP contribution >= 0.6 is 11.8 Å². The Morgan fingerprint density at radius 3 is 3.20 bits per heavy atom. The molecule has 0 spiro atoms. The summed E-state index contributed by atoms with van der Waals surface area (Å²) in [6, 6.07) is 1.63. The number of esters is 1. The number of hydrogen-bond acceptors (Lipinski definition) is 6. The molecule has 1 fully saturated rings. The Hall–Kier alpha value is -1.76. The number of hydrogen-bond donors (Lipinski definition) is 1. The van der Waals surface area contributed by atoms with Crippen LogP contribution in [0.1, 0.15) is 47.6 Å². The number of nitrogens with zero attached hydrogens (tertiary/aromatic N) is 2. The number of ether oxygens (including phenoxy) is 1. The summed E-state index contributed by atoms with van der Waals surface area (Å²) in [6.45, 7) is 2.13. The highest BCUT2D eigenvalue weighted by Crippen LogP contribution is 2.38. The molecule has 2 aromatic rings. The van der Waals surface area contributed by atoms with Gasteiger partial charge in [0.2, 0.25) is 5.16 Å². The molecule has 0 saturated heterocycles. The monoisotopic (exact) mass is 293 g/mol. The van der Waals surface area contributed by atoms with E-state index >= 15 is 0 Å². The summed E-state index contributed by atoms with van der Waals surface area (Å²) in [6.07, 6.45) is 3.87. The van der Waals surface area contributed by atoms with E-state index in [1.165, 1.54) is 30.9 Å². The number of rotatable bonds is 6. The zero-order valence-corrected chi connectivity index (χ0v) is 11.9. The summed E-state index contributed by atoms with van der Waals surface area (Å²) < 4.78 is 10.3. The lowest BCUT2D eigenvalue weighted by Gasteiger charge is -2.01. The Kier molecular flexibility index (Phi) is 3.77. The summed E-state index contributed by atoms with van der Waals surface area (Å²) in [5.74, 6) is 2.24. The molecule has 2 aromatic heterocycles. The summed E-state index contributed by atoms with van der Waals surface area (Å²) in [5, 5.41) is 7.79. The fourth-order valence-electron chi connectivity index (χ4n) is 1.84. The Bertz CT molecular complexity index is 604. The van der Waals surface area contributed by atoms with Crippen LogP contribution in [0.15, 0.2) is 21.9 Å². The summed E-state index contributed by atoms with van der Waals surface area (Å²) in [5.41, 5.74) is 0.470. The number of furan rings is 1. The minimum absolute atomic E-state index is 0.349. The Balaban J connectivity index is 1.62. The lowest BCUT2D eigenvalue weighted by Crippen LogP contribution is -2.05. The van der Waals surface area contributed by atoms with E-state index in [1.807, 2.05) is 0 Å². The van der Waals surface area contributed by atoms with Crippen LogP contribution in [0.25, 0.3) is 0 Å². The van der Waals surface area contributed by atoms with E-state index in [4.69, 9.17) is 9.15 Å². The number of thioether (sulfide) groups is 1. The van der Waals surface area contributed by atoms with Gasteiger partial charge in [-0.05, 0) is 25.8 Å². The second-order valence-electron chi connectivity index (χ2n) is 4.54. The standard InChI is InChI=1S/C13H15N3O3S/c1-2-18-12(17)9-5-6-19-10(9)7-20-13-14-11(15-16-13)8-3-4-8/h5-6,8H,2-4,7H2,1H3,(H,14,15,16). The summed E-state index contributed by atoms with van der Waals surface area (Å²) in [7, 11) is 0. The maximum absolute atomic E-state index is 11.7. The second kappa shape index (κ2) is 5.70. The molecule has 3 rings (SSSR count). The van der Waals surface area contributed by atoms with Crippen LogP contribution < -0.4 is 0 Å². The molecule has 0 aromatic carbocycles. The van der Waals surface area contributed by atoms with Crippen molar-refractivity contribution in [2.24, 2.45) is 0 Å². The molecule has 1 N–H and O–H groups in total. The van der Waals surface area contributed by atoms with E-state index in [1.54, 1.807) is 13.0 Å². The van der Waals surface area contributed by atoms with Crippen molar-refractivity contribution in [1.82, 2.24) is 15.2 Å². The van der Waals surface area contributed by atoms with Gasteiger partial charge in [0.1, 0.15) is 17.1 Å². The van der Waals surface area contributed by atoms with Gasteiger partial charge in [0.05, 0.1) is 18.6 Å².